The first-order valence-electron chi connectivity index (χ1n) is 26.0. The van der Waals surface area contributed by atoms with Gasteiger partial charge in [0.15, 0.2) is 30.6 Å². The number of methoxy groups -OCH3 is 3. The lowest BCUT2D eigenvalue weighted by Crippen LogP contribution is -2.66. The summed E-state index contributed by atoms with van der Waals surface area (Å²) in [5.74, 6) is -2.50. The van der Waals surface area contributed by atoms with Crippen LogP contribution < -0.4 is 0 Å². The second-order valence-corrected chi connectivity index (χ2v) is 20.3. The Hall–Kier alpha value is -3.34. The van der Waals surface area contributed by atoms with Crippen molar-refractivity contribution in [3.05, 3.63) is 35.9 Å². The summed E-state index contributed by atoms with van der Waals surface area (Å²) < 4.78 is 68.3. The Morgan fingerprint density at radius 2 is 1.53 bits per heavy atom. The highest BCUT2D eigenvalue weighted by Gasteiger charge is 2.54. The van der Waals surface area contributed by atoms with Gasteiger partial charge in [-0.15, -0.1) is 0 Å². The second-order valence-electron chi connectivity index (χ2n) is 20.3. The molecule has 0 amide bonds. The van der Waals surface area contributed by atoms with Crippen molar-refractivity contribution in [3.63, 3.8) is 0 Å². The molecule has 3 aliphatic heterocycles. The van der Waals surface area contributed by atoms with Crippen LogP contribution in [0.1, 0.15) is 119 Å². The topological polar surface area (TPSA) is 200 Å². The van der Waals surface area contributed by atoms with Crippen LogP contribution in [0, 0.1) is 11.8 Å². The maximum Gasteiger partial charge on any atom is 0.309 e. The number of esters is 4. The van der Waals surface area contributed by atoms with Gasteiger partial charge in [0.2, 0.25) is 0 Å². The molecule has 4 rings (SSSR count). The average molecular weight is 1020 g/mol. The highest BCUT2D eigenvalue weighted by Crippen LogP contribution is 2.40. The number of cyclic esters (lactones) is 1. The smallest absolute Gasteiger partial charge is 0.309 e. The van der Waals surface area contributed by atoms with Gasteiger partial charge >= 0.3 is 23.9 Å². The molecule has 3 saturated heterocycles. The number of likely N-dealkylation sites (N-methyl/N-ethyl adjacent to an activating group) is 1. The Balaban J connectivity index is 1.71. The SMILES string of the molecule is CCC(=O)OC1C(C)OC(OC2C(C)OC(O[C@@H]3C(OC)[C@H](OC(=O)CC)CC(=O)O[C@H](C)CCN(N(C)CCCc4ccccc4)CC[C@H](C)C[C@@H]3CC(OC)OC)C(O)C2N(C)C)CC1(C)OC(C)=O. The molecule has 0 bridgehead atoms. The molecule has 3 aliphatic rings. The normalized spacial score (nSPS) is 33.7. The molecule has 1 aromatic rings. The maximum atomic E-state index is 14.0. The number of hydrogen-bond donors (Lipinski definition) is 1. The van der Waals surface area contributed by atoms with Gasteiger partial charge in [-0.2, -0.15) is 0 Å². The maximum absolute atomic E-state index is 14.0. The van der Waals surface area contributed by atoms with Crippen LogP contribution in [0.15, 0.2) is 30.3 Å². The van der Waals surface area contributed by atoms with Crippen LogP contribution >= 0.6 is 0 Å². The largest absolute Gasteiger partial charge is 0.463 e. The van der Waals surface area contributed by atoms with Gasteiger partial charge in [0.25, 0.3) is 0 Å². The summed E-state index contributed by atoms with van der Waals surface area (Å²) in [6.07, 6.45) is -7.25. The zero-order valence-electron chi connectivity index (χ0n) is 45.7. The predicted molar refractivity (Wildman–Crippen MR) is 266 cm³/mol. The summed E-state index contributed by atoms with van der Waals surface area (Å²) >= 11 is 0. The molecule has 19 nitrogen and oxygen atoms in total. The van der Waals surface area contributed by atoms with Crippen LogP contribution in [-0.2, 0) is 77.7 Å². The number of aliphatic hydroxyl groups excluding tert-OH is 1. The minimum absolute atomic E-state index is 0.0109. The van der Waals surface area contributed by atoms with Crippen molar-refractivity contribution in [3.8, 4) is 0 Å². The van der Waals surface area contributed by atoms with Crippen molar-refractivity contribution in [2.75, 3.05) is 62.1 Å². The zero-order chi connectivity index (χ0) is 53.3. The lowest BCUT2D eigenvalue weighted by atomic mass is 9.82. The molecule has 0 spiro atoms. The lowest BCUT2D eigenvalue weighted by Gasteiger charge is -2.51. The van der Waals surface area contributed by atoms with Crippen LogP contribution in [0.25, 0.3) is 0 Å². The van der Waals surface area contributed by atoms with Gasteiger partial charge in [-0.3, -0.25) is 19.2 Å². The number of rotatable bonds is 20. The third-order valence-corrected chi connectivity index (χ3v) is 14.2. The first kappa shape index (κ1) is 61.2. The fraction of sp³-hybridized carbons (Fsp3) is 0.811. The molecule has 10 unspecified atom stereocenters. The van der Waals surface area contributed by atoms with E-state index in [1.807, 2.05) is 17.9 Å². The Morgan fingerprint density at radius 3 is 2.14 bits per heavy atom. The van der Waals surface area contributed by atoms with E-state index in [2.05, 4.69) is 48.3 Å². The minimum Gasteiger partial charge on any atom is -0.463 e. The van der Waals surface area contributed by atoms with E-state index in [9.17, 15) is 24.3 Å². The summed E-state index contributed by atoms with van der Waals surface area (Å²) in [5.41, 5.74) is -0.0157. The predicted octanol–water partition coefficient (Wildman–Crippen LogP) is 5.46. The minimum atomic E-state index is -1.36. The molecule has 3 fully saturated rings. The van der Waals surface area contributed by atoms with E-state index in [1.165, 1.54) is 19.6 Å². The van der Waals surface area contributed by atoms with E-state index in [0.717, 1.165) is 32.4 Å². The summed E-state index contributed by atoms with van der Waals surface area (Å²) in [4.78, 5) is 53.9. The molecule has 412 valence electrons. The zero-order valence-corrected chi connectivity index (χ0v) is 45.7. The number of carbonyl (C=O) groups excluding carboxylic acids is 4. The van der Waals surface area contributed by atoms with E-state index >= 15 is 0 Å². The molecular weight excluding hydrogens is 935 g/mol. The number of nitrogens with zero attached hydrogens (tertiary/aromatic N) is 3. The molecule has 15 atom stereocenters. The number of ether oxygens (including phenoxy) is 11. The summed E-state index contributed by atoms with van der Waals surface area (Å²) in [6.45, 7) is 16.1. The Morgan fingerprint density at radius 1 is 0.875 bits per heavy atom. The second kappa shape index (κ2) is 29.7. The van der Waals surface area contributed by atoms with Crippen molar-refractivity contribution in [2.24, 2.45) is 11.8 Å². The van der Waals surface area contributed by atoms with Crippen molar-refractivity contribution < 1.29 is 76.4 Å². The number of aliphatic hydroxyl groups is 1. The molecule has 1 aromatic carbocycles. The van der Waals surface area contributed by atoms with Crippen molar-refractivity contribution in [1.29, 1.82) is 0 Å². The highest BCUT2D eigenvalue weighted by atomic mass is 16.7. The molecule has 19 heteroatoms. The molecular formula is C53H89N3O16. The van der Waals surface area contributed by atoms with Gasteiger partial charge in [0, 0.05) is 80.6 Å². The standard InChI is InChI=1S/C53H89N3O16/c1-15-41(58)68-40-31-43(60)65-34(4)25-28-56(55(11)26-20-23-38-21-18-17-19-22-38)27-24-33(3)29-39(30-44(62-12)63-13)49(50(40)64-14)71-52-47(61)46(54(9)10)48(35(5)67-52)70-45-32-53(8,72-37(7)57)51(36(6)66-45)69-42(59)16-2/h17-19,21-22,33-36,39-40,44-52,61H,15-16,20,23-32H2,1-14H3/t33-,34+,35?,36?,39+,40+,45?,46?,47?,48?,49-,50?,51?,52?,53?/m0/s1. The number of carbonyl (C=O) groups is 4. The van der Waals surface area contributed by atoms with E-state index < -0.39 is 115 Å². The average Bonchev–Trinajstić information content (AvgIpc) is 3.32. The number of hydrazine groups is 1. The number of hydrogen-bond acceptors (Lipinski definition) is 19. The first-order chi connectivity index (χ1) is 34.2. The van der Waals surface area contributed by atoms with Crippen molar-refractivity contribution in [2.45, 2.75) is 205 Å². The van der Waals surface area contributed by atoms with Crippen molar-refractivity contribution in [1.82, 2.24) is 14.9 Å². The van der Waals surface area contributed by atoms with Gasteiger partial charge < -0.3 is 62.1 Å². The van der Waals surface area contributed by atoms with E-state index in [4.69, 9.17) is 52.1 Å². The molecule has 0 aromatic heterocycles. The fourth-order valence-electron chi connectivity index (χ4n) is 10.4. The van der Waals surface area contributed by atoms with Gasteiger partial charge in [-0.1, -0.05) is 51.1 Å². The lowest BCUT2D eigenvalue weighted by molar-refractivity contribution is -0.345. The van der Waals surface area contributed by atoms with Crippen LogP contribution in [0.3, 0.4) is 0 Å². The van der Waals surface area contributed by atoms with Crippen LogP contribution in [0.5, 0.6) is 0 Å². The van der Waals surface area contributed by atoms with Crippen LogP contribution in [-0.4, -0.2) is 191 Å². The number of aryl methyl sites for hydroxylation is 1. The van der Waals surface area contributed by atoms with E-state index in [-0.39, 0.29) is 31.6 Å². The Labute approximate surface area is 429 Å². The Bertz CT molecular complexity index is 1790. The fourth-order valence-corrected chi connectivity index (χ4v) is 10.4. The number of benzene rings is 1. The van der Waals surface area contributed by atoms with Gasteiger partial charge in [-0.05, 0) is 91.3 Å². The van der Waals surface area contributed by atoms with Crippen molar-refractivity contribution >= 4 is 23.9 Å². The molecule has 72 heavy (non-hydrogen) atoms. The van der Waals surface area contributed by atoms with Gasteiger partial charge in [0.05, 0.1) is 30.8 Å². The third kappa shape index (κ3) is 17.9. The summed E-state index contributed by atoms with van der Waals surface area (Å²) in [7, 11) is 10.3. The molecule has 3 heterocycles. The quantitative estimate of drug-likeness (QED) is 0.0981. The van der Waals surface area contributed by atoms with Crippen LogP contribution in [0.2, 0.25) is 0 Å². The first-order valence-corrected chi connectivity index (χ1v) is 26.0. The van der Waals surface area contributed by atoms with Gasteiger partial charge in [0.1, 0.15) is 30.5 Å². The molecule has 0 aliphatic carbocycles. The molecule has 0 radical (unpaired) electrons. The van der Waals surface area contributed by atoms with Gasteiger partial charge in [-0.25, -0.2) is 10.0 Å². The third-order valence-electron chi connectivity index (χ3n) is 14.2. The van der Waals surface area contributed by atoms with E-state index in [0.29, 0.717) is 25.8 Å². The summed E-state index contributed by atoms with van der Waals surface area (Å²) in [6, 6.07) is 9.67. The van der Waals surface area contributed by atoms with E-state index in [1.54, 1.807) is 62.9 Å². The molecule has 0 saturated carbocycles. The Kier molecular flexibility index (Phi) is 25.2. The molecule has 1 N–H and O–H groups in total. The highest BCUT2D eigenvalue weighted by molar-refractivity contribution is 5.73. The van der Waals surface area contributed by atoms with Crippen LogP contribution in [0.4, 0.5) is 0 Å². The monoisotopic (exact) mass is 1020 g/mol. The summed E-state index contributed by atoms with van der Waals surface area (Å²) in [5, 5.41) is 17.1.